The summed E-state index contributed by atoms with van der Waals surface area (Å²) in [5.41, 5.74) is 20.4. The van der Waals surface area contributed by atoms with Gasteiger partial charge in [-0.05, 0) is 148 Å². The summed E-state index contributed by atoms with van der Waals surface area (Å²) in [6, 6.07) is 29.1. The van der Waals surface area contributed by atoms with Crippen LogP contribution in [-0.2, 0) is 0 Å². The number of hydrogen-bond donors (Lipinski definition) is 3. The highest BCUT2D eigenvalue weighted by Crippen LogP contribution is 2.42. The number of aromatic amines is 3. The van der Waals surface area contributed by atoms with Crippen LogP contribution in [0.15, 0.2) is 84.9 Å². The summed E-state index contributed by atoms with van der Waals surface area (Å²) in [4.78, 5) is 26.4. The molecule has 0 aliphatic carbocycles. The largest absolute Gasteiger partial charge is 0.497 e. The van der Waals surface area contributed by atoms with Crippen molar-refractivity contribution in [2.45, 2.75) is 41.5 Å². The molecule has 0 atom stereocenters. The fourth-order valence-corrected chi connectivity index (χ4v) is 9.15. The minimum absolute atomic E-state index is 0.210. The maximum Gasteiger partial charge on any atom is 0.162 e. The van der Waals surface area contributed by atoms with Crippen LogP contribution in [0.1, 0.15) is 44.8 Å². The van der Waals surface area contributed by atoms with Gasteiger partial charge in [0.1, 0.15) is 16.1 Å². The first-order valence-corrected chi connectivity index (χ1v) is 19.6. The number of rotatable bonds is 5. The molecule has 8 bridgehead atoms. The number of aryl methyl sites for hydroxylation is 6. The summed E-state index contributed by atoms with van der Waals surface area (Å²) in [5, 5.41) is 0.419. The van der Waals surface area contributed by atoms with Crippen LogP contribution in [0.2, 0.25) is 10.3 Å². The molecule has 8 aromatic rings. The van der Waals surface area contributed by atoms with Crippen molar-refractivity contribution >= 4 is 68.5 Å². The Hall–Kier alpha value is -6.15. The maximum absolute atomic E-state index is 7.21. The van der Waals surface area contributed by atoms with Gasteiger partial charge < -0.3 is 19.7 Å². The Morgan fingerprint density at radius 2 is 0.825 bits per heavy atom. The van der Waals surface area contributed by atoms with Crippen molar-refractivity contribution in [3.63, 3.8) is 0 Å². The van der Waals surface area contributed by atoms with E-state index in [0.29, 0.717) is 22.6 Å². The van der Waals surface area contributed by atoms with Gasteiger partial charge >= 0.3 is 0 Å². The van der Waals surface area contributed by atoms with E-state index in [0.717, 1.165) is 83.5 Å². The number of halogens is 2. The molecule has 1 aliphatic heterocycles. The van der Waals surface area contributed by atoms with Crippen LogP contribution in [0.3, 0.4) is 0 Å². The molecular formula is C48H40Cl2N6O. The van der Waals surface area contributed by atoms with Gasteiger partial charge in [-0.15, -0.1) is 0 Å². The van der Waals surface area contributed by atoms with Crippen LogP contribution < -0.4 is 4.74 Å². The average molecular weight is 788 g/mol. The third-order valence-electron chi connectivity index (χ3n) is 10.9. The van der Waals surface area contributed by atoms with Gasteiger partial charge in [0.25, 0.3) is 0 Å². The summed E-state index contributed by atoms with van der Waals surface area (Å²) in [5.74, 6) is 1.13. The highest BCUT2D eigenvalue weighted by molar-refractivity contribution is 6.38. The van der Waals surface area contributed by atoms with Crippen molar-refractivity contribution in [2.75, 3.05) is 7.11 Å². The van der Waals surface area contributed by atoms with Gasteiger partial charge in [0.2, 0.25) is 0 Å². The summed E-state index contributed by atoms with van der Waals surface area (Å²) < 4.78 is 5.37. The molecule has 0 spiro atoms. The van der Waals surface area contributed by atoms with E-state index in [1.807, 2.05) is 30.3 Å². The van der Waals surface area contributed by atoms with Crippen molar-refractivity contribution in [3.05, 3.63) is 140 Å². The van der Waals surface area contributed by atoms with Crippen molar-refractivity contribution in [1.29, 1.82) is 0 Å². The lowest BCUT2D eigenvalue weighted by molar-refractivity contribution is 0.415. The predicted octanol–water partition coefficient (Wildman–Crippen LogP) is 13.3. The van der Waals surface area contributed by atoms with Crippen LogP contribution in [0.25, 0.3) is 90.0 Å². The number of fused-ring (bicyclic) bond motifs is 9. The van der Waals surface area contributed by atoms with Crippen molar-refractivity contribution in [2.24, 2.45) is 0 Å². The summed E-state index contributed by atoms with van der Waals surface area (Å²) in [6.45, 7) is 12.9. The molecule has 0 fully saturated rings. The zero-order chi connectivity index (χ0) is 39.7. The van der Waals surface area contributed by atoms with Crippen LogP contribution in [0.4, 0.5) is 0 Å². The van der Waals surface area contributed by atoms with Crippen molar-refractivity contribution < 1.29 is 4.74 Å². The first-order valence-electron chi connectivity index (χ1n) is 18.9. The minimum atomic E-state index is 0.210. The topological polar surface area (TPSA) is 95.3 Å². The van der Waals surface area contributed by atoms with Gasteiger partial charge in [-0.3, -0.25) is 0 Å². The van der Waals surface area contributed by atoms with Crippen molar-refractivity contribution in [3.8, 4) is 50.5 Å². The fourth-order valence-electron chi connectivity index (χ4n) is 8.57. The second kappa shape index (κ2) is 14.1. The Bertz CT molecular complexity index is 3020. The maximum atomic E-state index is 7.21. The predicted molar refractivity (Wildman–Crippen MR) is 238 cm³/mol. The van der Waals surface area contributed by atoms with E-state index in [2.05, 4.69) is 123 Å². The Morgan fingerprint density at radius 1 is 0.439 bits per heavy atom. The van der Waals surface area contributed by atoms with Crippen molar-refractivity contribution in [1.82, 2.24) is 29.9 Å². The van der Waals surface area contributed by atoms with Gasteiger partial charge in [0, 0.05) is 44.3 Å². The molecule has 0 unspecified atom stereocenters. The molecular weight excluding hydrogens is 747 g/mol. The molecule has 57 heavy (non-hydrogen) atoms. The Kier molecular flexibility index (Phi) is 9.03. The lowest BCUT2D eigenvalue weighted by atomic mass is 9.92. The molecule has 5 aromatic heterocycles. The molecule has 0 saturated heterocycles. The van der Waals surface area contributed by atoms with E-state index in [9.17, 15) is 0 Å². The fraction of sp³-hybridized carbons (Fsp3) is 0.146. The Labute approximate surface area is 340 Å². The lowest BCUT2D eigenvalue weighted by Gasteiger charge is -2.13. The second-order valence-electron chi connectivity index (χ2n) is 15.0. The van der Waals surface area contributed by atoms with Gasteiger partial charge in [0.05, 0.1) is 35.1 Å². The number of ether oxygens (including phenoxy) is 1. The second-order valence-corrected chi connectivity index (χ2v) is 15.7. The van der Waals surface area contributed by atoms with Crippen LogP contribution in [0.5, 0.6) is 5.75 Å². The standard InChI is InChI=1S/C48H40Cl2N6O/c1-24-20-26(3)40(27(4)21-24)42-34-14-12-32(51-34)33-13-15-35(52-33)43(41-28(5)22-25(2)23-29(41)6)37-17-19-39(54-37)44(38-18-16-36(42)53-38)45-46(49)55-48(56-47(45)50)30-8-10-31(57-7)11-9-30/h8-23,51-53H,1-7H3. The number of hydrogen-bond acceptors (Lipinski definition) is 4. The summed E-state index contributed by atoms with van der Waals surface area (Å²) >= 11 is 14.4. The molecule has 3 aromatic carbocycles. The van der Waals surface area contributed by atoms with E-state index >= 15 is 0 Å². The molecule has 9 rings (SSSR count). The smallest absolute Gasteiger partial charge is 0.162 e. The number of nitrogens with one attached hydrogen (secondary N) is 3. The first kappa shape index (κ1) is 36.5. The van der Waals surface area contributed by atoms with Gasteiger partial charge in [0.15, 0.2) is 5.82 Å². The third-order valence-corrected chi connectivity index (χ3v) is 11.4. The summed E-state index contributed by atoms with van der Waals surface area (Å²) in [6.07, 6.45) is 4.09. The highest BCUT2D eigenvalue weighted by Gasteiger charge is 2.23. The van der Waals surface area contributed by atoms with Gasteiger partial charge in [-0.2, -0.15) is 0 Å². The Balaban J connectivity index is 1.44. The molecule has 1 aliphatic rings. The minimum Gasteiger partial charge on any atom is -0.497 e. The van der Waals surface area contributed by atoms with Gasteiger partial charge in [-0.25, -0.2) is 15.0 Å². The molecule has 0 radical (unpaired) electrons. The molecule has 282 valence electrons. The first-order chi connectivity index (χ1) is 27.5. The van der Waals surface area contributed by atoms with Crippen LogP contribution in [0, 0.1) is 41.5 Å². The molecule has 6 heterocycles. The molecule has 7 nitrogen and oxygen atoms in total. The van der Waals surface area contributed by atoms with Gasteiger partial charge in [-0.1, -0.05) is 58.6 Å². The molecule has 3 N–H and O–H groups in total. The monoisotopic (exact) mass is 786 g/mol. The highest BCUT2D eigenvalue weighted by atomic mass is 35.5. The number of H-pyrrole nitrogens is 3. The number of aromatic nitrogens is 6. The molecule has 0 amide bonds. The van der Waals surface area contributed by atoms with Crippen LogP contribution in [-0.4, -0.2) is 37.0 Å². The molecule has 9 heteroatoms. The Morgan fingerprint density at radius 3 is 1.28 bits per heavy atom. The van der Waals surface area contributed by atoms with E-state index in [4.69, 9.17) is 42.9 Å². The van der Waals surface area contributed by atoms with E-state index < -0.39 is 0 Å². The normalized spacial score (nSPS) is 11.9. The molecule has 0 saturated carbocycles. The SMILES string of the molecule is COc1ccc(-c2nc(Cl)c(-c3c4nc(c(-c5c(C)cc(C)cc5C)c5ccc([nH]5)c5ccc([nH]5)c(-c5c(C)cc(C)cc5C)c5ccc3[nH]5)C=C4)c(Cl)n2)cc1. The average Bonchev–Trinajstić information content (AvgIpc) is 4.00. The number of nitrogens with zero attached hydrogens (tertiary/aromatic N) is 3. The summed E-state index contributed by atoms with van der Waals surface area (Å²) in [7, 11) is 1.63. The third kappa shape index (κ3) is 6.37. The van der Waals surface area contributed by atoms with Crippen LogP contribution >= 0.6 is 23.2 Å². The number of methoxy groups -OCH3 is 1. The van der Waals surface area contributed by atoms with E-state index in [1.165, 1.54) is 22.3 Å². The quantitative estimate of drug-likeness (QED) is 0.151. The van der Waals surface area contributed by atoms with E-state index in [1.54, 1.807) is 7.11 Å². The lowest BCUT2D eigenvalue weighted by Crippen LogP contribution is -1.97. The van der Waals surface area contributed by atoms with E-state index in [-0.39, 0.29) is 10.3 Å². The zero-order valence-corrected chi connectivity index (χ0v) is 34.3. The number of benzene rings is 3. The zero-order valence-electron chi connectivity index (χ0n) is 32.7.